The summed E-state index contributed by atoms with van der Waals surface area (Å²) in [7, 11) is 0. The average Bonchev–Trinajstić information content (AvgIpc) is 3.29. The third kappa shape index (κ3) is 2.41. The number of fused-ring (bicyclic) bond motifs is 6. The summed E-state index contributed by atoms with van der Waals surface area (Å²) in [6.07, 6.45) is 5.65. The van der Waals surface area contributed by atoms with Crippen molar-refractivity contribution >= 4 is 23.2 Å². The minimum Gasteiger partial charge on any atom is -0.360 e. The molecule has 26 heavy (non-hydrogen) atoms. The normalized spacial score (nSPS) is 21.4. The lowest BCUT2D eigenvalue weighted by atomic mass is 9.98. The molecule has 0 spiro atoms. The molecule has 0 aliphatic carbocycles. The Bertz CT molecular complexity index is 1010. The van der Waals surface area contributed by atoms with Crippen molar-refractivity contribution in [3.05, 3.63) is 46.2 Å². The molecule has 5 rings (SSSR count). The Labute approximate surface area is 154 Å². The smallest absolute Gasteiger partial charge is 0.223 e. The van der Waals surface area contributed by atoms with Gasteiger partial charge in [-0.2, -0.15) is 5.10 Å². The first-order chi connectivity index (χ1) is 12.6. The molecule has 2 bridgehead atoms. The van der Waals surface area contributed by atoms with Crippen LogP contribution in [0, 0.1) is 6.92 Å². The molecule has 2 aliphatic heterocycles. The van der Waals surface area contributed by atoms with Crippen LogP contribution in [0.3, 0.4) is 0 Å². The summed E-state index contributed by atoms with van der Waals surface area (Å²) in [5, 5.41) is 8.57. The number of hydrogen-bond acceptors (Lipinski definition) is 5. The van der Waals surface area contributed by atoms with E-state index < -0.39 is 0 Å². The van der Waals surface area contributed by atoms with Gasteiger partial charge in [0.2, 0.25) is 5.91 Å². The van der Waals surface area contributed by atoms with Crippen LogP contribution in [0.15, 0.2) is 22.9 Å². The van der Waals surface area contributed by atoms with Crippen LogP contribution in [-0.4, -0.2) is 36.6 Å². The van der Waals surface area contributed by atoms with Crippen LogP contribution in [0.4, 0.5) is 0 Å². The zero-order valence-electron chi connectivity index (χ0n) is 14.4. The number of rotatable bonds is 3. The van der Waals surface area contributed by atoms with Gasteiger partial charge in [0, 0.05) is 49.2 Å². The van der Waals surface area contributed by atoms with Crippen molar-refractivity contribution in [1.82, 2.24) is 24.7 Å². The van der Waals surface area contributed by atoms with Crippen LogP contribution < -0.4 is 0 Å². The highest BCUT2D eigenvalue weighted by molar-refractivity contribution is 6.29. The van der Waals surface area contributed by atoms with Crippen molar-refractivity contribution < 1.29 is 9.32 Å². The molecular weight excluding hydrogens is 354 g/mol. The van der Waals surface area contributed by atoms with E-state index in [9.17, 15) is 4.79 Å². The summed E-state index contributed by atoms with van der Waals surface area (Å²) in [6.45, 7) is 1.98. The van der Waals surface area contributed by atoms with Gasteiger partial charge in [-0.15, -0.1) is 0 Å². The fraction of sp³-hybridized carbons (Fsp3) is 0.444. The molecule has 5 heterocycles. The molecule has 8 heteroatoms. The third-order valence-corrected chi connectivity index (χ3v) is 5.61. The van der Waals surface area contributed by atoms with E-state index in [0.29, 0.717) is 23.8 Å². The maximum atomic E-state index is 12.9. The lowest BCUT2D eigenvalue weighted by Gasteiger charge is -2.36. The lowest BCUT2D eigenvalue weighted by Crippen LogP contribution is -2.42. The first kappa shape index (κ1) is 15.8. The van der Waals surface area contributed by atoms with Crippen LogP contribution in [0.25, 0.3) is 5.65 Å². The first-order valence-corrected chi connectivity index (χ1v) is 9.24. The minimum absolute atomic E-state index is 0.0935. The van der Waals surface area contributed by atoms with E-state index in [0.717, 1.165) is 36.2 Å². The molecule has 1 fully saturated rings. The van der Waals surface area contributed by atoms with Crippen molar-refractivity contribution in [1.29, 1.82) is 0 Å². The number of hydrogen-bond donors (Lipinski definition) is 0. The van der Waals surface area contributed by atoms with Gasteiger partial charge in [0.25, 0.3) is 0 Å². The Morgan fingerprint density at radius 3 is 3.08 bits per heavy atom. The summed E-state index contributed by atoms with van der Waals surface area (Å²) < 4.78 is 7.06. The molecule has 2 aliphatic rings. The highest BCUT2D eigenvalue weighted by Gasteiger charge is 2.43. The lowest BCUT2D eigenvalue weighted by molar-refractivity contribution is -0.134. The maximum absolute atomic E-state index is 12.9. The quantitative estimate of drug-likeness (QED) is 0.707. The van der Waals surface area contributed by atoms with Crippen molar-refractivity contribution in [3.63, 3.8) is 0 Å². The Morgan fingerprint density at radius 1 is 1.38 bits per heavy atom. The van der Waals surface area contributed by atoms with E-state index >= 15 is 0 Å². The topological polar surface area (TPSA) is 76.5 Å². The summed E-state index contributed by atoms with van der Waals surface area (Å²) in [4.78, 5) is 19.5. The summed E-state index contributed by atoms with van der Waals surface area (Å²) >= 11 is 5.77. The molecule has 0 aromatic carbocycles. The van der Waals surface area contributed by atoms with Gasteiger partial charge in [-0.3, -0.25) is 4.79 Å². The third-order valence-electron chi connectivity index (χ3n) is 5.43. The summed E-state index contributed by atoms with van der Waals surface area (Å²) in [5.74, 6) is 0.788. The average molecular weight is 372 g/mol. The fourth-order valence-corrected chi connectivity index (χ4v) is 4.50. The van der Waals surface area contributed by atoms with E-state index in [2.05, 4.69) is 15.2 Å². The molecule has 0 radical (unpaired) electrons. The zero-order chi connectivity index (χ0) is 17.8. The Kier molecular flexibility index (Phi) is 3.53. The first-order valence-electron chi connectivity index (χ1n) is 8.86. The molecule has 7 nitrogen and oxygen atoms in total. The molecule has 3 aromatic rings. The molecule has 0 unspecified atom stereocenters. The number of carbonyl (C=O) groups is 1. The standard InChI is InChI=1S/C18H18ClN5O2/c1-10-6-17-20-9-13-14-4-2-11(7-15(13)24(17)21-10)23(14)18(25)5-3-12-8-16(19)22-26-12/h6,8-9,11,14H,2-5,7H2,1H3/t11-,14-/m0/s1. The molecule has 2 atom stereocenters. The molecule has 0 N–H and O–H groups in total. The van der Waals surface area contributed by atoms with Crippen LogP contribution in [0.2, 0.25) is 5.15 Å². The van der Waals surface area contributed by atoms with Gasteiger partial charge in [-0.1, -0.05) is 16.8 Å². The van der Waals surface area contributed by atoms with Gasteiger partial charge >= 0.3 is 0 Å². The molecule has 1 saturated heterocycles. The summed E-state index contributed by atoms with van der Waals surface area (Å²) in [6, 6.07) is 3.97. The Hall–Kier alpha value is -2.41. The Balaban J connectivity index is 1.42. The van der Waals surface area contributed by atoms with Crippen LogP contribution in [-0.2, 0) is 17.6 Å². The van der Waals surface area contributed by atoms with E-state index in [4.69, 9.17) is 16.1 Å². The second kappa shape index (κ2) is 5.81. The van der Waals surface area contributed by atoms with Gasteiger partial charge in [-0.05, 0) is 19.8 Å². The van der Waals surface area contributed by atoms with E-state index in [1.807, 2.05) is 28.6 Å². The van der Waals surface area contributed by atoms with Gasteiger partial charge in [0.05, 0.1) is 17.4 Å². The molecule has 1 amide bonds. The molecule has 3 aromatic heterocycles. The number of aromatic nitrogens is 4. The van der Waals surface area contributed by atoms with Crippen LogP contribution in [0.5, 0.6) is 0 Å². The second-order valence-electron chi connectivity index (χ2n) is 7.08. The van der Waals surface area contributed by atoms with E-state index in [1.165, 1.54) is 5.69 Å². The zero-order valence-corrected chi connectivity index (χ0v) is 15.1. The predicted molar refractivity (Wildman–Crippen MR) is 93.9 cm³/mol. The number of amides is 1. The maximum Gasteiger partial charge on any atom is 0.223 e. The second-order valence-corrected chi connectivity index (χ2v) is 7.47. The molecule has 0 saturated carbocycles. The molecular formula is C18H18ClN5O2. The Morgan fingerprint density at radius 2 is 2.27 bits per heavy atom. The van der Waals surface area contributed by atoms with Crippen molar-refractivity contribution in [3.8, 4) is 0 Å². The van der Waals surface area contributed by atoms with Gasteiger partial charge in [0.15, 0.2) is 10.8 Å². The molecule has 134 valence electrons. The van der Waals surface area contributed by atoms with E-state index in [1.54, 1.807) is 6.07 Å². The summed E-state index contributed by atoms with van der Waals surface area (Å²) in [5.41, 5.74) is 4.16. The van der Waals surface area contributed by atoms with Gasteiger partial charge in [-0.25, -0.2) is 9.50 Å². The number of halogens is 1. The van der Waals surface area contributed by atoms with Gasteiger partial charge in [0.1, 0.15) is 5.76 Å². The number of aryl methyl sites for hydroxylation is 2. The predicted octanol–water partition coefficient (Wildman–Crippen LogP) is 2.90. The minimum atomic E-state index is 0.0935. The van der Waals surface area contributed by atoms with E-state index in [-0.39, 0.29) is 18.0 Å². The number of nitrogens with zero attached hydrogens (tertiary/aromatic N) is 5. The van der Waals surface area contributed by atoms with Gasteiger partial charge < -0.3 is 9.42 Å². The largest absolute Gasteiger partial charge is 0.360 e. The highest BCUT2D eigenvalue weighted by atomic mass is 35.5. The van der Waals surface area contributed by atoms with Crippen LogP contribution in [0.1, 0.15) is 48.0 Å². The monoisotopic (exact) mass is 371 g/mol. The number of carbonyl (C=O) groups excluding carboxylic acids is 1. The highest BCUT2D eigenvalue weighted by Crippen LogP contribution is 2.43. The SMILES string of the molecule is Cc1cc2ncc3c(n2n1)C[C@@H]1CC[C@@H]3N1C(=O)CCc1cc(Cl)no1. The fourth-order valence-electron chi connectivity index (χ4n) is 4.35. The van der Waals surface area contributed by atoms with Crippen molar-refractivity contribution in [2.24, 2.45) is 0 Å². The van der Waals surface area contributed by atoms with Crippen molar-refractivity contribution in [2.75, 3.05) is 0 Å². The van der Waals surface area contributed by atoms with Crippen LogP contribution >= 0.6 is 11.6 Å². The van der Waals surface area contributed by atoms with Crippen molar-refractivity contribution in [2.45, 2.75) is 51.1 Å².